The molecule has 1 aromatic carbocycles. The van der Waals surface area contributed by atoms with Gasteiger partial charge in [-0.1, -0.05) is 18.1 Å². The van der Waals surface area contributed by atoms with Crippen LogP contribution in [0.25, 0.3) is 0 Å². The fourth-order valence-corrected chi connectivity index (χ4v) is 0.969. The van der Waals surface area contributed by atoms with E-state index in [1.54, 1.807) is 0 Å². The summed E-state index contributed by atoms with van der Waals surface area (Å²) in [5, 5.41) is 0. The van der Waals surface area contributed by atoms with E-state index >= 15 is 0 Å². The van der Waals surface area contributed by atoms with Crippen molar-refractivity contribution >= 4 is 5.69 Å². The lowest BCUT2D eigenvalue weighted by atomic mass is 10.2. The van der Waals surface area contributed by atoms with E-state index in [-0.39, 0.29) is 0 Å². The van der Waals surface area contributed by atoms with Crippen LogP contribution in [0, 0.1) is 12.3 Å². The molecule has 0 aliphatic heterocycles. The van der Waals surface area contributed by atoms with Gasteiger partial charge in [-0.25, -0.2) is 0 Å². The topological polar surface area (TPSA) is 3.24 Å². The Labute approximate surface area is 67.7 Å². The maximum atomic E-state index is 7.00. The highest BCUT2D eigenvalue weighted by Gasteiger charge is 1.98. The van der Waals surface area contributed by atoms with Crippen LogP contribution in [0.15, 0.2) is 24.3 Å². The summed E-state index contributed by atoms with van der Waals surface area (Å²) in [6.07, 6.45) is 7.00. The summed E-state index contributed by atoms with van der Waals surface area (Å²) in [5.74, 6) is 2.39. The molecule has 0 saturated carbocycles. The molecule has 0 heterocycles. The molecule has 1 nitrogen and oxygen atoms in total. The largest absolute Gasteiger partial charge is 0.377 e. The van der Waals surface area contributed by atoms with Crippen LogP contribution < -0.4 is 4.90 Å². The summed E-state index contributed by atoms with van der Waals surface area (Å²) < 4.78 is 0. The minimum absolute atomic E-state index is 0.831. The second kappa shape index (κ2) is 3.12. The maximum absolute atomic E-state index is 7.00. The van der Waals surface area contributed by atoms with Crippen molar-refractivity contribution in [1.29, 1.82) is 0 Å². The molecule has 0 N–H and O–H groups in total. The van der Waals surface area contributed by atoms with Crippen molar-refractivity contribution in [2.75, 3.05) is 19.0 Å². The van der Waals surface area contributed by atoms with Crippen LogP contribution in [-0.2, 0) is 0 Å². The van der Waals surface area contributed by atoms with E-state index in [0.717, 1.165) is 11.3 Å². The van der Waals surface area contributed by atoms with Crippen molar-refractivity contribution in [2.45, 2.75) is 0 Å². The van der Waals surface area contributed by atoms with E-state index < -0.39 is 0 Å². The molecule has 0 fully saturated rings. The van der Waals surface area contributed by atoms with E-state index in [9.17, 15) is 0 Å². The highest BCUT2D eigenvalue weighted by atomic mass is 15.1. The lowest BCUT2D eigenvalue weighted by Gasteiger charge is -2.13. The minimum atomic E-state index is 0.831. The number of anilines is 1. The van der Waals surface area contributed by atoms with Crippen molar-refractivity contribution in [3.05, 3.63) is 36.3 Å². The van der Waals surface area contributed by atoms with Gasteiger partial charge in [-0.15, -0.1) is 0 Å². The Balaban J connectivity index is 3.15. The molecule has 0 aliphatic carbocycles. The van der Waals surface area contributed by atoms with Crippen LogP contribution in [0.5, 0.6) is 0 Å². The molecule has 1 rings (SSSR count). The third-order valence-corrected chi connectivity index (χ3v) is 1.52. The van der Waals surface area contributed by atoms with Crippen LogP contribution in [0.4, 0.5) is 5.69 Å². The summed E-state index contributed by atoms with van der Waals surface area (Å²) in [7, 11) is 3.91. The molecule has 1 aromatic rings. The van der Waals surface area contributed by atoms with Gasteiger partial charge in [0.05, 0.1) is 5.69 Å². The predicted octanol–water partition coefficient (Wildman–Crippen LogP) is 1.69. The van der Waals surface area contributed by atoms with Gasteiger partial charge in [0, 0.05) is 19.7 Å². The average molecular weight is 144 g/mol. The molecule has 0 unspecified atom stereocenters. The lowest BCUT2D eigenvalue weighted by molar-refractivity contribution is 1.13. The van der Waals surface area contributed by atoms with E-state index in [4.69, 9.17) is 6.42 Å². The zero-order valence-corrected chi connectivity index (χ0v) is 6.76. The molecule has 1 radical (unpaired) electrons. The van der Waals surface area contributed by atoms with Gasteiger partial charge < -0.3 is 4.90 Å². The molecule has 0 amide bonds. The number of para-hydroxylation sites is 1. The first-order valence-corrected chi connectivity index (χ1v) is 3.45. The third-order valence-electron chi connectivity index (χ3n) is 1.52. The van der Waals surface area contributed by atoms with Gasteiger partial charge in [0.25, 0.3) is 0 Å². The summed E-state index contributed by atoms with van der Waals surface area (Å²) >= 11 is 0. The van der Waals surface area contributed by atoms with Crippen molar-refractivity contribution < 1.29 is 0 Å². The monoisotopic (exact) mass is 144 g/mol. The lowest BCUT2D eigenvalue weighted by Crippen LogP contribution is -2.09. The predicted molar refractivity (Wildman–Crippen MR) is 47.0 cm³/mol. The number of rotatable bonds is 1. The van der Waals surface area contributed by atoms with Gasteiger partial charge in [-0.2, -0.15) is 0 Å². The first kappa shape index (κ1) is 7.68. The summed E-state index contributed by atoms with van der Waals surface area (Å²) in [4.78, 5) is 1.97. The van der Waals surface area contributed by atoms with Gasteiger partial charge >= 0.3 is 0 Å². The molecular formula is C10H10N. The summed E-state index contributed by atoms with van der Waals surface area (Å²) in [5.41, 5.74) is 1.86. The van der Waals surface area contributed by atoms with Gasteiger partial charge in [-0.05, 0) is 18.6 Å². The first-order valence-electron chi connectivity index (χ1n) is 3.45. The average Bonchev–Trinajstić information content (AvgIpc) is 2.04. The first-order chi connectivity index (χ1) is 5.25. The molecule has 11 heavy (non-hydrogen) atoms. The zero-order chi connectivity index (χ0) is 8.27. The normalized spacial score (nSPS) is 8.82. The molecule has 0 aliphatic rings. The van der Waals surface area contributed by atoms with Gasteiger partial charge in [-0.3, -0.25) is 0 Å². The van der Waals surface area contributed by atoms with Crippen LogP contribution in [0.2, 0.25) is 0 Å². The van der Waals surface area contributed by atoms with Gasteiger partial charge in [0.15, 0.2) is 0 Å². The fourth-order valence-electron chi connectivity index (χ4n) is 0.969. The van der Waals surface area contributed by atoms with Gasteiger partial charge in [0.2, 0.25) is 0 Å². The van der Waals surface area contributed by atoms with E-state index in [2.05, 4.69) is 5.92 Å². The molecular weight excluding hydrogens is 134 g/mol. The summed E-state index contributed by atoms with van der Waals surface area (Å²) in [6.45, 7) is 0. The zero-order valence-electron chi connectivity index (χ0n) is 6.76. The summed E-state index contributed by atoms with van der Waals surface area (Å²) in [6, 6.07) is 7.71. The van der Waals surface area contributed by atoms with E-state index in [1.807, 2.05) is 43.3 Å². The second-order valence-corrected chi connectivity index (χ2v) is 2.54. The standard InChI is InChI=1S/C10H10N/c1-4-9-7-5-6-8-10(9)11(2)3/h5-8H,2-3H3. The highest BCUT2D eigenvalue weighted by molar-refractivity contribution is 5.58. The highest BCUT2D eigenvalue weighted by Crippen LogP contribution is 2.15. The molecule has 55 valence electrons. The maximum Gasteiger partial charge on any atom is 0.0520 e. The van der Waals surface area contributed by atoms with Crippen molar-refractivity contribution in [2.24, 2.45) is 0 Å². The Bertz CT molecular complexity index is 281. The number of hydrogen-bond acceptors (Lipinski definition) is 1. The SMILES string of the molecule is [C]#Cc1ccccc1N(C)C. The Hall–Kier alpha value is -1.42. The van der Waals surface area contributed by atoms with Crippen molar-refractivity contribution in [1.82, 2.24) is 0 Å². The van der Waals surface area contributed by atoms with Crippen LogP contribution in [0.1, 0.15) is 5.56 Å². The molecule has 0 saturated heterocycles. The Morgan fingerprint density at radius 2 is 1.91 bits per heavy atom. The van der Waals surface area contributed by atoms with Crippen molar-refractivity contribution in [3.8, 4) is 5.92 Å². The van der Waals surface area contributed by atoms with Crippen LogP contribution in [-0.4, -0.2) is 14.1 Å². The Morgan fingerprint density at radius 3 is 2.36 bits per heavy atom. The fraction of sp³-hybridized carbons (Fsp3) is 0.200. The van der Waals surface area contributed by atoms with Crippen LogP contribution >= 0.6 is 0 Å². The van der Waals surface area contributed by atoms with Crippen LogP contribution in [0.3, 0.4) is 0 Å². The molecule has 0 bridgehead atoms. The molecule has 0 aromatic heterocycles. The number of nitrogens with zero attached hydrogens (tertiary/aromatic N) is 1. The van der Waals surface area contributed by atoms with E-state index in [0.29, 0.717) is 0 Å². The quantitative estimate of drug-likeness (QED) is 0.542. The van der Waals surface area contributed by atoms with E-state index in [1.165, 1.54) is 0 Å². The Morgan fingerprint density at radius 1 is 1.27 bits per heavy atom. The number of hydrogen-bond donors (Lipinski definition) is 0. The molecule has 1 heteroatoms. The minimum Gasteiger partial charge on any atom is -0.377 e. The molecule has 0 spiro atoms. The number of benzene rings is 1. The smallest absolute Gasteiger partial charge is 0.0520 e. The Kier molecular flexibility index (Phi) is 2.18. The van der Waals surface area contributed by atoms with Crippen molar-refractivity contribution in [3.63, 3.8) is 0 Å². The second-order valence-electron chi connectivity index (χ2n) is 2.54. The van der Waals surface area contributed by atoms with Gasteiger partial charge in [0.1, 0.15) is 0 Å². The molecule has 0 atom stereocenters. The third kappa shape index (κ3) is 1.53.